The molecule has 1 aromatic heterocycles. The zero-order valence-corrected chi connectivity index (χ0v) is 22.5. The molecule has 8 heteroatoms. The Labute approximate surface area is 227 Å². The van der Waals surface area contributed by atoms with E-state index in [2.05, 4.69) is 21.7 Å². The van der Waals surface area contributed by atoms with Gasteiger partial charge in [-0.2, -0.15) is 0 Å². The molecule has 37 heavy (non-hydrogen) atoms. The van der Waals surface area contributed by atoms with E-state index in [0.717, 1.165) is 52.1 Å². The maximum absolute atomic E-state index is 12.4. The van der Waals surface area contributed by atoms with Gasteiger partial charge in [0, 0.05) is 22.8 Å². The molecule has 0 aliphatic heterocycles. The largest absolute Gasteiger partial charge is 0.474 e. The summed E-state index contributed by atoms with van der Waals surface area (Å²) < 4.78 is 13.2. The molecule has 0 saturated carbocycles. The van der Waals surface area contributed by atoms with Crippen LogP contribution in [0, 0.1) is 0 Å². The number of unbranched alkanes of at least 4 members (excludes halogenated alkanes) is 1. The zero-order chi connectivity index (χ0) is 26.0. The van der Waals surface area contributed by atoms with Crippen molar-refractivity contribution in [3.8, 4) is 5.75 Å². The lowest BCUT2D eigenvalue weighted by Gasteiger charge is -2.17. The Hall–Kier alpha value is -3.29. The van der Waals surface area contributed by atoms with E-state index in [9.17, 15) is 4.79 Å². The van der Waals surface area contributed by atoms with Crippen LogP contribution in [0.5, 0.6) is 5.75 Å². The number of hydrogen-bond donors (Lipinski definition) is 0. The molecule has 0 spiro atoms. The summed E-state index contributed by atoms with van der Waals surface area (Å²) in [6.07, 6.45) is 2.20. The number of nitrogens with zero attached hydrogens (tertiary/aromatic N) is 3. The standard InChI is InChI=1S/C29H30ClN3O3S/c1-3-4-10-26-31-32-29(37-20-22-11-15-24(30)16-12-22)33(26)19-21-13-17-25(18-14-21)36-27(28(34)35-2)23-8-6-5-7-9-23/h5-9,11-18,27H,3-4,10,19-20H2,1-2H3. The van der Waals surface area contributed by atoms with Gasteiger partial charge in [-0.3, -0.25) is 0 Å². The van der Waals surface area contributed by atoms with Crippen LogP contribution in [0.2, 0.25) is 5.02 Å². The van der Waals surface area contributed by atoms with Crippen LogP contribution in [0.1, 0.15) is 48.4 Å². The minimum atomic E-state index is -0.827. The van der Waals surface area contributed by atoms with Crippen LogP contribution < -0.4 is 4.74 Å². The predicted octanol–water partition coefficient (Wildman–Crippen LogP) is 6.91. The zero-order valence-electron chi connectivity index (χ0n) is 21.0. The average molecular weight is 536 g/mol. The Kier molecular flexibility index (Phi) is 9.63. The van der Waals surface area contributed by atoms with Crippen LogP contribution in [-0.4, -0.2) is 27.8 Å². The predicted molar refractivity (Wildman–Crippen MR) is 147 cm³/mol. The van der Waals surface area contributed by atoms with Gasteiger partial charge in [0.2, 0.25) is 6.10 Å². The first kappa shape index (κ1) is 26.8. The van der Waals surface area contributed by atoms with Gasteiger partial charge in [-0.05, 0) is 41.8 Å². The minimum absolute atomic E-state index is 0.442. The van der Waals surface area contributed by atoms with E-state index < -0.39 is 12.1 Å². The summed E-state index contributed by atoms with van der Waals surface area (Å²) in [7, 11) is 1.36. The van der Waals surface area contributed by atoms with Crippen LogP contribution in [-0.2, 0) is 28.2 Å². The molecule has 6 nitrogen and oxygen atoms in total. The summed E-state index contributed by atoms with van der Waals surface area (Å²) in [5.41, 5.74) is 3.01. The van der Waals surface area contributed by atoms with Crippen LogP contribution in [0.4, 0.5) is 0 Å². The van der Waals surface area contributed by atoms with E-state index in [-0.39, 0.29) is 0 Å². The fraction of sp³-hybridized carbons (Fsp3) is 0.276. The van der Waals surface area contributed by atoms with Gasteiger partial charge in [0.05, 0.1) is 13.7 Å². The van der Waals surface area contributed by atoms with Crippen molar-refractivity contribution in [1.29, 1.82) is 0 Å². The number of thioether (sulfide) groups is 1. The van der Waals surface area contributed by atoms with E-state index in [4.69, 9.17) is 21.1 Å². The highest BCUT2D eigenvalue weighted by molar-refractivity contribution is 7.98. The van der Waals surface area contributed by atoms with E-state index in [0.29, 0.717) is 12.3 Å². The van der Waals surface area contributed by atoms with Crippen molar-refractivity contribution < 1.29 is 14.3 Å². The molecule has 1 heterocycles. The lowest BCUT2D eigenvalue weighted by atomic mass is 10.1. The normalized spacial score (nSPS) is 11.8. The van der Waals surface area contributed by atoms with Crippen molar-refractivity contribution in [2.75, 3.05) is 7.11 Å². The summed E-state index contributed by atoms with van der Waals surface area (Å²) in [5.74, 6) is 1.91. The van der Waals surface area contributed by atoms with Gasteiger partial charge >= 0.3 is 5.97 Å². The van der Waals surface area contributed by atoms with E-state index >= 15 is 0 Å². The highest BCUT2D eigenvalue weighted by atomic mass is 35.5. The first-order chi connectivity index (χ1) is 18.1. The van der Waals surface area contributed by atoms with Crippen molar-refractivity contribution in [1.82, 2.24) is 14.8 Å². The molecule has 0 fully saturated rings. The van der Waals surface area contributed by atoms with Crippen LogP contribution in [0.15, 0.2) is 84.0 Å². The van der Waals surface area contributed by atoms with E-state index in [1.165, 1.54) is 12.7 Å². The summed E-state index contributed by atoms with van der Waals surface area (Å²) in [6.45, 7) is 2.82. The van der Waals surface area contributed by atoms with Crippen LogP contribution in [0.25, 0.3) is 0 Å². The number of aromatic nitrogens is 3. The highest BCUT2D eigenvalue weighted by Crippen LogP contribution is 2.27. The molecule has 0 bridgehead atoms. The molecule has 0 N–H and O–H groups in total. The Morgan fingerprint density at radius 1 is 0.973 bits per heavy atom. The first-order valence-electron chi connectivity index (χ1n) is 12.2. The monoisotopic (exact) mass is 535 g/mol. The fourth-order valence-corrected chi connectivity index (χ4v) is 4.85. The van der Waals surface area contributed by atoms with E-state index in [1.54, 1.807) is 11.8 Å². The number of esters is 1. The van der Waals surface area contributed by atoms with Gasteiger partial charge in [-0.25, -0.2) is 4.79 Å². The highest BCUT2D eigenvalue weighted by Gasteiger charge is 2.23. The smallest absolute Gasteiger partial charge is 0.351 e. The number of aryl methyl sites for hydroxylation is 1. The van der Waals surface area contributed by atoms with Crippen LogP contribution in [0.3, 0.4) is 0 Å². The van der Waals surface area contributed by atoms with Crippen molar-refractivity contribution in [3.63, 3.8) is 0 Å². The molecule has 0 aliphatic rings. The molecule has 4 aromatic rings. The van der Waals surface area contributed by atoms with Crippen LogP contribution >= 0.6 is 23.4 Å². The lowest BCUT2D eigenvalue weighted by Crippen LogP contribution is -2.20. The van der Waals surface area contributed by atoms with Gasteiger partial charge < -0.3 is 14.0 Å². The number of carbonyl (C=O) groups is 1. The molecule has 0 amide bonds. The van der Waals surface area contributed by atoms with Gasteiger partial charge in [0.1, 0.15) is 11.6 Å². The summed E-state index contributed by atoms with van der Waals surface area (Å²) >= 11 is 7.69. The Morgan fingerprint density at radius 3 is 2.35 bits per heavy atom. The SMILES string of the molecule is CCCCc1nnc(SCc2ccc(Cl)cc2)n1Cc1ccc(OC(C(=O)OC)c2ccccc2)cc1. The topological polar surface area (TPSA) is 66.2 Å². The van der Waals surface area contributed by atoms with Gasteiger partial charge in [0.25, 0.3) is 0 Å². The van der Waals surface area contributed by atoms with Gasteiger partial charge in [-0.1, -0.05) is 91.3 Å². The maximum atomic E-state index is 12.4. The minimum Gasteiger partial charge on any atom is -0.474 e. The number of carbonyl (C=O) groups excluding carboxylic acids is 1. The third-order valence-electron chi connectivity index (χ3n) is 5.86. The molecule has 0 aliphatic carbocycles. The van der Waals surface area contributed by atoms with Crippen molar-refractivity contribution in [2.24, 2.45) is 0 Å². The molecule has 1 unspecified atom stereocenters. The summed E-state index contributed by atoms with van der Waals surface area (Å²) in [6, 6.07) is 25.0. The molecule has 0 radical (unpaired) electrons. The quantitative estimate of drug-likeness (QED) is 0.145. The number of hydrogen-bond acceptors (Lipinski definition) is 6. The van der Waals surface area contributed by atoms with Gasteiger partial charge in [-0.15, -0.1) is 10.2 Å². The van der Waals surface area contributed by atoms with Gasteiger partial charge in [0.15, 0.2) is 5.16 Å². The third kappa shape index (κ3) is 7.37. The lowest BCUT2D eigenvalue weighted by molar-refractivity contribution is -0.149. The second-order valence-electron chi connectivity index (χ2n) is 8.58. The van der Waals surface area contributed by atoms with Crippen molar-refractivity contribution >= 4 is 29.3 Å². The number of benzene rings is 3. The molecule has 4 rings (SSSR count). The van der Waals surface area contributed by atoms with Crippen molar-refractivity contribution in [3.05, 3.63) is 106 Å². The average Bonchev–Trinajstić information content (AvgIpc) is 3.32. The Morgan fingerprint density at radius 2 is 1.68 bits per heavy atom. The number of methoxy groups -OCH3 is 1. The second kappa shape index (κ2) is 13.3. The summed E-state index contributed by atoms with van der Waals surface area (Å²) in [4.78, 5) is 12.4. The maximum Gasteiger partial charge on any atom is 0.351 e. The third-order valence-corrected chi connectivity index (χ3v) is 7.15. The molecule has 3 aromatic carbocycles. The van der Waals surface area contributed by atoms with E-state index in [1.807, 2.05) is 78.9 Å². The fourth-order valence-electron chi connectivity index (χ4n) is 3.81. The molecule has 1 atom stereocenters. The number of ether oxygens (including phenoxy) is 2. The number of halogens is 1. The Bertz CT molecular complexity index is 1280. The summed E-state index contributed by atoms with van der Waals surface area (Å²) in [5, 5.41) is 10.6. The molecule has 192 valence electrons. The first-order valence-corrected chi connectivity index (χ1v) is 13.6. The van der Waals surface area contributed by atoms with Crippen molar-refractivity contribution in [2.45, 2.75) is 49.7 Å². The second-order valence-corrected chi connectivity index (χ2v) is 9.96. The molecular formula is C29H30ClN3O3S. The number of rotatable bonds is 12. The molecular weight excluding hydrogens is 506 g/mol. The molecule has 0 saturated heterocycles. The Balaban J connectivity index is 1.49.